The van der Waals surface area contributed by atoms with Gasteiger partial charge in [-0.15, -0.1) is 0 Å². The highest BCUT2D eigenvalue weighted by atomic mass is 16.5. The largest absolute Gasteiger partial charge is 0.493 e. The Morgan fingerprint density at radius 1 is 1.28 bits per heavy atom. The SMILES string of the molecule is C=C1CCCC2C1(C)CCC(C)C2(C)CC1=C2OC(C)(C)N=C2C=C(OC)C1=O. The Morgan fingerprint density at radius 3 is 2.69 bits per heavy atom. The van der Waals surface area contributed by atoms with E-state index in [0.717, 1.165) is 17.7 Å². The Balaban J connectivity index is 1.77. The van der Waals surface area contributed by atoms with Crippen molar-refractivity contribution in [1.29, 1.82) is 0 Å². The molecule has 0 saturated heterocycles. The fourth-order valence-corrected chi connectivity index (χ4v) is 6.38. The summed E-state index contributed by atoms with van der Waals surface area (Å²) in [5.41, 5.74) is 2.40. The van der Waals surface area contributed by atoms with Crippen molar-refractivity contribution in [3.63, 3.8) is 0 Å². The van der Waals surface area contributed by atoms with Crippen molar-refractivity contribution in [3.8, 4) is 0 Å². The first-order chi connectivity index (χ1) is 13.5. The van der Waals surface area contributed by atoms with E-state index in [-0.39, 0.29) is 16.6 Å². The smallest absolute Gasteiger partial charge is 0.227 e. The maximum atomic E-state index is 13.3. The monoisotopic (exact) mass is 397 g/mol. The van der Waals surface area contributed by atoms with Crippen LogP contribution in [-0.4, -0.2) is 24.3 Å². The van der Waals surface area contributed by atoms with Crippen LogP contribution in [0.1, 0.15) is 73.1 Å². The lowest BCUT2D eigenvalue weighted by Crippen LogP contribution is -2.50. The molecule has 0 radical (unpaired) electrons. The molecule has 1 heterocycles. The van der Waals surface area contributed by atoms with E-state index >= 15 is 0 Å². The molecule has 0 aromatic rings. The summed E-state index contributed by atoms with van der Waals surface area (Å²) >= 11 is 0. The topological polar surface area (TPSA) is 47.9 Å². The zero-order valence-corrected chi connectivity index (χ0v) is 18.9. The number of carbonyl (C=O) groups is 1. The molecule has 4 unspecified atom stereocenters. The molecule has 0 aromatic heterocycles. The Bertz CT molecular complexity index is 861. The molecule has 0 amide bonds. The van der Waals surface area contributed by atoms with Gasteiger partial charge in [0.1, 0.15) is 5.71 Å². The maximum Gasteiger partial charge on any atom is 0.227 e. The average molecular weight is 398 g/mol. The number of nitrogens with zero attached hydrogens (tertiary/aromatic N) is 1. The molecule has 0 spiro atoms. The van der Waals surface area contributed by atoms with Crippen LogP contribution in [0.4, 0.5) is 0 Å². The summed E-state index contributed by atoms with van der Waals surface area (Å²) in [5.74, 6) is 2.03. The van der Waals surface area contributed by atoms with Crippen LogP contribution < -0.4 is 0 Å². The minimum absolute atomic E-state index is 0.00570. The van der Waals surface area contributed by atoms with Crippen LogP contribution in [0, 0.1) is 22.7 Å². The van der Waals surface area contributed by atoms with Crippen molar-refractivity contribution in [1.82, 2.24) is 0 Å². The van der Waals surface area contributed by atoms with E-state index in [2.05, 4.69) is 32.3 Å². The lowest BCUT2D eigenvalue weighted by atomic mass is 9.46. The normalized spacial score (nSPS) is 38.7. The van der Waals surface area contributed by atoms with Crippen molar-refractivity contribution < 1.29 is 14.3 Å². The number of ketones is 1. The van der Waals surface area contributed by atoms with Gasteiger partial charge in [0.15, 0.2) is 17.2 Å². The molecular weight excluding hydrogens is 362 g/mol. The minimum atomic E-state index is -0.650. The van der Waals surface area contributed by atoms with E-state index in [9.17, 15) is 4.79 Å². The van der Waals surface area contributed by atoms with Gasteiger partial charge in [-0.05, 0) is 75.0 Å². The second-order valence-corrected chi connectivity index (χ2v) is 10.5. The van der Waals surface area contributed by atoms with Crippen molar-refractivity contribution in [3.05, 3.63) is 35.3 Å². The number of fused-ring (bicyclic) bond motifs is 2. The standard InChI is InChI=1S/C25H35NO3/c1-15-9-8-10-20-24(15,5)12-11-16(2)25(20,6)14-17-21(27)19(28-7)13-18-22(17)29-23(3,4)26-18/h13,16,20H,1,8-12,14H2,2-7H3. The summed E-state index contributed by atoms with van der Waals surface area (Å²) in [5, 5.41) is 0. The number of methoxy groups -OCH3 is 1. The summed E-state index contributed by atoms with van der Waals surface area (Å²) in [7, 11) is 1.56. The lowest BCUT2D eigenvalue weighted by molar-refractivity contribution is -0.116. The third-order valence-electron chi connectivity index (χ3n) is 8.36. The number of hydrogen-bond acceptors (Lipinski definition) is 4. The summed E-state index contributed by atoms with van der Waals surface area (Å²) in [6, 6.07) is 0. The van der Waals surface area contributed by atoms with Gasteiger partial charge in [0.2, 0.25) is 5.78 Å². The van der Waals surface area contributed by atoms with Crippen LogP contribution in [0.3, 0.4) is 0 Å². The van der Waals surface area contributed by atoms with Crippen molar-refractivity contribution in [2.75, 3.05) is 7.11 Å². The number of rotatable bonds is 3. The summed E-state index contributed by atoms with van der Waals surface area (Å²) in [6.45, 7) is 15.5. The van der Waals surface area contributed by atoms with Gasteiger partial charge < -0.3 is 9.47 Å². The first-order valence-electron chi connectivity index (χ1n) is 11.0. The number of hydrogen-bond donors (Lipinski definition) is 0. The molecule has 1 aliphatic heterocycles. The Labute approximate surface area is 175 Å². The number of allylic oxidation sites excluding steroid dienone is 3. The molecule has 4 heteroatoms. The van der Waals surface area contributed by atoms with E-state index in [4.69, 9.17) is 9.47 Å². The summed E-state index contributed by atoms with van der Waals surface area (Å²) < 4.78 is 11.6. The number of ether oxygens (including phenoxy) is 2. The van der Waals surface area contributed by atoms with Crippen molar-refractivity contribution in [2.45, 2.75) is 78.9 Å². The highest BCUT2D eigenvalue weighted by Crippen LogP contribution is 2.63. The van der Waals surface area contributed by atoms with E-state index in [1.165, 1.54) is 31.3 Å². The Hall–Kier alpha value is -1.84. The van der Waals surface area contributed by atoms with Gasteiger partial charge in [-0.1, -0.05) is 32.9 Å². The molecule has 0 bridgehead atoms. The zero-order chi connectivity index (χ0) is 21.2. The highest BCUT2D eigenvalue weighted by molar-refractivity contribution is 6.23. The highest BCUT2D eigenvalue weighted by Gasteiger charge is 2.55. The third kappa shape index (κ3) is 3.02. The second kappa shape index (κ2) is 6.58. The van der Waals surface area contributed by atoms with Crippen LogP contribution >= 0.6 is 0 Å². The first kappa shape index (κ1) is 20.4. The maximum absolute atomic E-state index is 13.3. The number of Topliss-reactive ketones (excluding diaryl/α,β-unsaturated/α-hetero) is 1. The van der Waals surface area contributed by atoms with Crippen LogP contribution in [0.15, 0.2) is 40.3 Å². The van der Waals surface area contributed by atoms with Gasteiger partial charge in [-0.25, -0.2) is 4.99 Å². The van der Waals surface area contributed by atoms with Gasteiger partial charge in [-0.2, -0.15) is 0 Å². The third-order valence-corrected chi connectivity index (χ3v) is 8.36. The number of carbonyl (C=O) groups excluding carboxylic acids is 1. The molecule has 158 valence electrons. The molecule has 4 atom stereocenters. The van der Waals surface area contributed by atoms with E-state index in [0.29, 0.717) is 29.8 Å². The summed E-state index contributed by atoms with van der Waals surface area (Å²) in [4.78, 5) is 18.0. The minimum Gasteiger partial charge on any atom is -0.493 e. The van der Waals surface area contributed by atoms with Crippen LogP contribution in [0.5, 0.6) is 0 Å². The Kier molecular flexibility index (Phi) is 4.64. The van der Waals surface area contributed by atoms with E-state index in [1.807, 2.05) is 13.8 Å². The predicted octanol–water partition coefficient (Wildman–Crippen LogP) is 5.75. The molecule has 4 aliphatic rings. The molecular formula is C25H35NO3. The fourth-order valence-electron chi connectivity index (χ4n) is 6.38. The van der Waals surface area contributed by atoms with Crippen LogP contribution in [0.2, 0.25) is 0 Å². The molecule has 4 rings (SSSR count). The van der Waals surface area contributed by atoms with Crippen LogP contribution in [-0.2, 0) is 14.3 Å². The second-order valence-electron chi connectivity index (χ2n) is 10.5. The molecule has 2 saturated carbocycles. The molecule has 29 heavy (non-hydrogen) atoms. The number of aliphatic imine (C=N–C) groups is 1. The van der Waals surface area contributed by atoms with E-state index in [1.54, 1.807) is 13.2 Å². The fraction of sp³-hybridized carbons (Fsp3) is 0.680. The summed E-state index contributed by atoms with van der Waals surface area (Å²) in [6.07, 6.45) is 8.33. The molecule has 3 aliphatic carbocycles. The van der Waals surface area contributed by atoms with Gasteiger partial charge in [-0.3, -0.25) is 4.79 Å². The predicted molar refractivity (Wildman–Crippen MR) is 115 cm³/mol. The van der Waals surface area contributed by atoms with Gasteiger partial charge in [0.25, 0.3) is 0 Å². The molecule has 2 fully saturated rings. The molecule has 0 aromatic carbocycles. The molecule has 4 nitrogen and oxygen atoms in total. The average Bonchev–Trinajstić information content (AvgIpc) is 2.97. The Morgan fingerprint density at radius 2 is 2.00 bits per heavy atom. The van der Waals surface area contributed by atoms with Gasteiger partial charge in [0.05, 0.1) is 7.11 Å². The quantitative estimate of drug-likeness (QED) is 0.450. The van der Waals surface area contributed by atoms with Gasteiger partial charge >= 0.3 is 0 Å². The van der Waals surface area contributed by atoms with Gasteiger partial charge in [0, 0.05) is 11.6 Å². The molecule has 0 N–H and O–H groups in total. The van der Waals surface area contributed by atoms with Crippen LogP contribution in [0.25, 0.3) is 0 Å². The zero-order valence-electron chi connectivity index (χ0n) is 18.9. The van der Waals surface area contributed by atoms with E-state index < -0.39 is 5.72 Å². The first-order valence-corrected chi connectivity index (χ1v) is 11.0. The van der Waals surface area contributed by atoms with Crippen molar-refractivity contribution >= 4 is 11.5 Å². The van der Waals surface area contributed by atoms with Crippen molar-refractivity contribution in [2.24, 2.45) is 27.7 Å². The lowest BCUT2D eigenvalue weighted by Gasteiger charge is -2.59.